The van der Waals surface area contributed by atoms with Gasteiger partial charge in [0, 0.05) is 0 Å². The number of esters is 1. The molecule has 0 N–H and O–H groups in total. The molecule has 2 heteroatoms. The first-order chi connectivity index (χ1) is 8.81. The number of hydrogen-bond acceptors (Lipinski definition) is 2. The molecule has 0 aliphatic rings. The molecule has 1 radical (unpaired) electrons. The molecule has 0 bridgehead atoms. The molecule has 0 spiro atoms. The number of ether oxygens (including phenoxy) is 1. The van der Waals surface area contributed by atoms with E-state index in [2.05, 4.69) is 12.1 Å². The van der Waals surface area contributed by atoms with Crippen LogP contribution < -0.4 is 0 Å². The monoisotopic (exact) mass is 235 g/mol. The van der Waals surface area contributed by atoms with E-state index < -0.39 is 0 Å². The number of carbonyl (C=O) groups is 1. The molecule has 0 atom stereocenters. The Morgan fingerprint density at radius 1 is 1.11 bits per heavy atom. The summed E-state index contributed by atoms with van der Waals surface area (Å²) in [5.41, 5.74) is 0.613. The average molecular weight is 235 g/mol. The Balaban J connectivity index is 2.53. The van der Waals surface area contributed by atoms with E-state index in [-0.39, 0.29) is 5.97 Å². The SMILES string of the molecule is COC(=O)c1c2c[c]ccc2cc2ccccc12. The third kappa shape index (κ3) is 1.54. The van der Waals surface area contributed by atoms with E-state index in [0.29, 0.717) is 5.56 Å². The van der Waals surface area contributed by atoms with E-state index in [0.717, 1.165) is 21.5 Å². The molecular formula is C16H11O2. The van der Waals surface area contributed by atoms with Gasteiger partial charge in [-0.05, 0) is 39.7 Å². The predicted molar refractivity (Wildman–Crippen MR) is 71.6 cm³/mol. The molecule has 87 valence electrons. The standard InChI is InChI=1S/C16H11O2/c1-18-16(17)15-13-8-4-2-6-11(13)10-12-7-3-5-9-14(12)15/h2-4,6-10H,1H3. The Hall–Kier alpha value is -2.35. The predicted octanol–water partition coefficient (Wildman–Crippen LogP) is 3.58. The number of hydrogen-bond donors (Lipinski definition) is 0. The van der Waals surface area contributed by atoms with E-state index in [9.17, 15) is 4.79 Å². The third-order valence-electron chi connectivity index (χ3n) is 3.10. The van der Waals surface area contributed by atoms with Crippen LogP contribution >= 0.6 is 0 Å². The van der Waals surface area contributed by atoms with Crippen LogP contribution in [0.1, 0.15) is 10.4 Å². The molecule has 0 aliphatic heterocycles. The molecule has 18 heavy (non-hydrogen) atoms. The second kappa shape index (κ2) is 4.15. The van der Waals surface area contributed by atoms with Crippen LogP contribution in [0.2, 0.25) is 0 Å². The summed E-state index contributed by atoms with van der Waals surface area (Å²) < 4.78 is 4.90. The Bertz CT molecular complexity index is 690. The average Bonchev–Trinajstić information content (AvgIpc) is 2.44. The fourth-order valence-electron chi connectivity index (χ4n) is 2.27. The molecule has 3 rings (SSSR count). The van der Waals surface area contributed by atoms with Crippen molar-refractivity contribution in [1.29, 1.82) is 0 Å². The summed E-state index contributed by atoms with van der Waals surface area (Å²) in [6.07, 6.45) is 0. The molecule has 0 fully saturated rings. The zero-order valence-electron chi connectivity index (χ0n) is 9.94. The molecule has 0 aliphatic carbocycles. The van der Waals surface area contributed by atoms with E-state index in [1.165, 1.54) is 7.11 Å². The van der Waals surface area contributed by atoms with Crippen LogP contribution in [-0.4, -0.2) is 13.1 Å². The number of rotatable bonds is 1. The van der Waals surface area contributed by atoms with Gasteiger partial charge >= 0.3 is 5.97 Å². The highest BCUT2D eigenvalue weighted by Crippen LogP contribution is 2.28. The summed E-state index contributed by atoms with van der Waals surface area (Å²) in [7, 11) is 1.41. The Labute approximate surface area is 105 Å². The molecule has 0 unspecified atom stereocenters. The summed E-state index contributed by atoms with van der Waals surface area (Å²) in [5.74, 6) is -0.309. The van der Waals surface area contributed by atoms with Crippen LogP contribution in [0, 0.1) is 6.07 Å². The lowest BCUT2D eigenvalue weighted by molar-refractivity contribution is 0.0605. The van der Waals surface area contributed by atoms with Gasteiger partial charge in [0.1, 0.15) is 0 Å². The first-order valence-electron chi connectivity index (χ1n) is 5.71. The maximum atomic E-state index is 12.0. The summed E-state index contributed by atoms with van der Waals surface area (Å²) in [6.45, 7) is 0. The van der Waals surface area contributed by atoms with E-state index in [1.54, 1.807) is 0 Å². The second-order valence-electron chi connectivity index (χ2n) is 4.11. The number of fused-ring (bicyclic) bond motifs is 2. The maximum absolute atomic E-state index is 12.0. The summed E-state index contributed by atoms with van der Waals surface area (Å²) in [6, 6.07) is 18.5. The Morgan fingerprint density at radius 2 is 1.89 bits per heavy atom. The molecule has 0 aromatic heterocycles. The van der Waals surface area contributed by atoms with Crippen molar-refractivity contribution in [2.75, 3.05) is 7.11 Å². The lowest BCUT2D eigenvalue weighted by atomic mass is 9.97. The van der Waals surface area contributed by atoms with Gasteiger partial charge in [0.05, 0.1) is 12.7 Å². The van der Waals surface area contributed by atoms with Gasteiger partial charge in [-0.2, -0.15) is 0 Å². The molecular weight excluding hydrogens is 224 g/mol. The van der Waals surface area contributed by atoms with E-state index in [4.69, 9.17) is 4.74 Å². The fourth-order valence-corrected chi connectivity index (χ4v) is 2.27. The smallest absolute Gasteiger partial charge is 0.339 e. The Kier molecular flexibility index (Phi) is 2.49. The van der Waals surface area contributed by atoms with Crippen molar-refractivity contribution in [2.24, 2.45) is 0 Å². The minimum absolute atomic E-state index is 0.309. The van der Waals surface area contributed by atoms with Crippen LogP contribution in [-0.2, 0) is 4.74 Å². The van der Waals surface area contributed by atoms with Crippen molar-refractivity contribution in [3.8, 4) is 0 Å². The number of carbonyl (C=O) groups excluding carboxylic acids is 1. The third-order valence-corrected chi connectivity index (χ3v) is 3.10. The highest BCUT2D eigenvalue weighted by molar-refractivity contribution is 6.16. The number of methoxy groups -OCH3 is 1. The molecule has 0 amide bonds. The highest BCUT2D eigenvalue weighted by Gasteiger charge is 2.14. The van der Waals surface area contributed by atoms with Crippen LogP contribution in [0.25, 0.3) is 21.5 Å². The van der Waals surface area contributed by atoms with Gasteiger partial charge < -0.3 is 4.74 Å². The van der Waals surface area contributed by atoms with Crippen molar-refractivity contribution in [3.63, 3.8) is 0 Å². The maximum Gasteiger partial charge on any atom is 0.339 e. The highest BCUT2D eigenvalue weighted by atomic mass is 16.5. The minimum atomic E-state index is -0.309. The van der Waals surface area contributed by atoms with Gasteiger partial charge in [-0.25, -0.2) is 4.79 Å². The number of benzene rings is 3. The van der Waals surface area contributed by atoms with Crippen molar-refractivity contribution in [2.45, 2.75) is 0 Å². The lowest BCUT2D eigenvalue weighted by Crippen LogP contribution is -2.03. The van der Waals surface area contributed by atoms with Gasteiger partial charge in [0.25, 0.3) is 0 Å². The summed E-state index contributed by atoms with van der Waals surface area (Å²) >= 11 is 0. The van der Waals surface area contributed by atoms with E-state index in [1.807, 2.05) is 42.5 Å². The largest absolute Gasteiger partial charge is 0.465 e. The van der Waals surface area contributed by atoms with Gasteiger partial charge in [0.2, 0.25) is 0 Å². The van der Waals surface area contributed by atoms with Gasteiger partial charge in [-0.1, -0.05) is 36.4 Å². The van der Waals surface area contributed by atoms with Crippen molar-refractivity contribution < 1.29 is 9.53 Å². The zero-order chi connectivity index (χ0) is 12.5. The summed E-state index contributed by atoms with van der Waals surface area (Å²) in [4.78, 5) is 12.0. The quantitative estimate of drug-likeness (QED) is 0.476. The molecule has 3 aromatic rings. The first-order valence-corrected chi connectivity index (χ1v) is 5.71. The molecule has 0 saturated heterocycles. The molecule has 0 saturated carbocycles. The topological polar surface area (TPSA) is 26.3 Å². The van der Waals surface area contributed by atoms with Crippen molar-refractivity contribution in [1.82, 2.24) is 0 Å². The molecule has 2 nitrogen and oxygen atoms in total. The minimum Gasteiger partial charge on any atom is -0.465 e. The molecule has 0 heterocycles. The zero-order valence-corrected chi connectivity index (χ0v) is 9.94. The second-order valence-corrected chi connectivity index (χ2v) is 4.11. The van der Waals surface area contributed by atoms with Crippen LogP contribution in [0.15, 0.2) is 48.5 Å². The van der Waals surface area contributed by atoms with Crippen LogP contribution in [0.4, 0.5) is 0 Å². The normalized spacial score (nSPS) is 10.7. The van der Waals surface area contributed by atoms with Gasteiger partial charge in [0.15, 0.2) is 0 Å². The van der Waals surface area contributed by atoms with Crippen molar-refractivity contribution >= 4 is 27.5 Å². The van der Waals surface area contributed by atoms with Crippen LogP contribution in [0.5, 0.6) is 0 Å². The lowest BCUT2D eigenvalue weighted by Gasteiger charge is -2.09. The van der Waals surface area contributed by atoms with Crippen molar-refractivity contribution in [3.05, 3.63) is 60.2 Å². The van der Waals surface area contributed by atoms with Gasteiger partial charge in [-0.15, -0.1) is 0 Å². The first kappa shape index (κ1) is 10.8. The summed E-state index contributed by atoms with van der Waals surface area (Å²) in [5, 5.41) is 3.85. The van der Waals surface area contributed by atoms with Crippen LogP contribution in [0.3, 0.4) is 0 Å². The Morgan fingerprint density at radius 3 is 2.72 bits per heavy atom. The molecule has 3 aromatic carbocycles. The van der Waals surface area contributed by atoms with Gasteiger partial charge in [-0.3, -0.25) is 0 Å². The fraction of sp³-hybridized carbons (Fsp3) is 0.0625. The van der Waals surface area contributed by atoms with E-state index >= 15 is 0 Å².